The molecule has 3 aromatic rings. The average Bonchev–Trinajstić information content (AvgIpc) is 3.37. The molecule has 36 heavy (non-hydrogen) atoms. The van der Waals surface area contributed by atoms with Crippen molar-refractivity contribution in [3.05, 3.63) is 101 Å². The van der Waals surface area contributed by atoms with E-state index in [4.69, 9.17) is 9.47 Å². The zero-order valence-corrected chi connectivity index (χ0v) is 20.3. The standard InChI is InChI=1S/C28H28FN3O4/c1-35-17-16-31(28(34)21-12-14-22(36-2)15-13-21)19-27(33)32-26(20-8-4-3-5-9-20)18-25(30-32)23-10-6-7-11-24(23)29/h3-15,26H,16-19H2,1-2H3/t26-/m1/s1. The lowest BCUT2D eigenvalue weighted by molar-refractivity contribution is -0.133. The van der Waals surface area contributed by atoms with Crippen LogP contribution in [0.1, 0.15) is 33.9 Å². The smallest absolute Gasteiger partial charge is 0.262 e. The second-order valence-corrected chi connectivity index (χ2v) is 8.34. The first-order chi connectivity index (χ1) is 17.5. The molecule has 1 heterocycles. The second kappa shape index (κ2) is 11.6. The molecule has 0 fully saturated rings. The summed E-state index contributed by atoms with van der Waals surface area (Å²) in [5.41, 5.74) is 2.15. The Balaban J connectivity index is 1.61. The fourth-order valence-electron chi connectivity index (χ4n) is 4.14. The molecule has 0 spiro atoms. The van der Waals surface area contributed by atoms with E-state index in [0.717, 1.165) is 5.56 Å². The van der Waals surface area contributed by atoms with E-state index in [1.165, 1.54) is 23.1 Å². The maximum absolute atomic E-state index is 14.5. The number of hydrogen-bond acceptors (Lipinski definition) is 5. The van der Waals surface area contributed by atoms with Gasteiger partial charge in [-0.05, 0) is 35.9 Å². The normalized spacial score (nSPS) is 14.9. The Bertz CT molecular complexity index is 1230. The van der Waals surface area contributed by atoms with Crippen LogP contribution in [0.15, 0.2) is 84.0 Å². The fourth-order valence-corrected chi connectivity index (χ4v) is 4.14. The van der Waals surface area contributed by atoms with E-state index < -0.39 is 11.9 Å². The molecule has 1 aliphatic heterocycles. The van der Waals surface area contributed by atoms with E-state index >= 15 is 0 Å². The molecule has 0 aromatic heterocycles. The highest BCUT2D eigenvalue weighted by Gasteiger charge is 2.35. The Labute approximate surface area is 209 Å². The fraction of sp³-hybridized carbons (Fsp3) is 0.250. The summed E-state index contributed by atoms with van der Waals surface area (Å²) in [6, 6.07) is 22.2. The zero-order valence-electron chi connectivity index (χ0n) is 20.3. The Morgan fingerprint density at radius 2 is 1.69 bits per heavy atom. The number of methoxy groups -OCH3 is 2. The van der Waals surface area contributed by atoms with Crippen LogP contribution in [0.25, 0.3) is 0 Å². The summed E-state index contributed by atoms with van der Waals surface area (Å²) in [5.74, 6) is -0.442. The van der Waals surface area contributed by atoms with Crippen molar-refractivity contribution in [3.63, 3.8) is 0 Å². The van der Waals surface area contributed by atoms with E-state index in [1.807, 2.05) is 30.3 Å². The molecule has 0 bridgehead atoms. The lowest BCUT2D eigenvalue weighted by Crippen LogP contribution is -2.42. The van der Waals surface area contributed by atoms with E-state index in [-0.39, 0.29) is 31.5 Å². The highest BCUT2D eigenvalue weighted by molar-refractivity contribution is 6.04. The van der Waals surface area contributed by atoms with Crippen LogP contribution in [-0.4, -0.2) is 61.4 Å². The number of hydrazone groups is 1. The maximum Gasteiger partial charge on any atom is 0.262 e. The minimum atomic E-state index is -0.409. The van der Waals surface area contributed by atoms with Crippen LogP contribution in [-0.2, 0) is 9.53 Å². The zero-order chi connectivity index (χ0) is 25.5. The molecule has 4 rings (SSSR count). The summed E-state index contributed by atoms with van der Waals surface area (Å²) in [6.45, 7) is 0.285. The third-order valence-corrected chi connectivity index (χ3v) is 6.05. The van der Waals surface area contributed by atoms with Gasteiger partial charge < -0.3 is 14.4 Å². The lowest BCUT2D eigenvalue weighted by Gasteiger charge is -2.27. The van der Waals surface area contributed by atoms with E-state index in [9.17, 15) is 14.0 Å². The second-order valence-electron chi connectivity index (χ2n) is 8.34. The Morgan fingerprint density at radius 3 is 2.36 bits per heavy atom. The van der Waals surface area contributed by atoms with Crippen molar-refractivity contribution in [3.8, 4) is 5.75 Å². The number of carbonyl (C=O) groups is 2. The van der Waals surface area contributed by atoms with E-state index in [1.54, 1.807) is 49.6 Å². The van der Waals surface area contributed by atoms with Gasteiger partial charge in [-0.3, -0.25) is 9.59 Å². The first-order valence-electron chi connectivity index (χ1n) is 11.6. The summed E-state index contributed by atoms with van der Waals surface area (Å²) < 4.78 is 24.9. The Kier molecular flexibility index (Phi) is 8.07. The van der Waals surface area contributed by atoms with Crippen molar-refractivity contribution in [2.24, 2.45) is 5.10 Å². The number of rotatable bonds is 9. The van der Waals surface area contributed by atoms with Gasteiger partial charge in [-0.2, -0.15) is 5.10 Å². The van der Waals surface area contributed by atoms with Crippen molar-refractivity contribution in [2.45, 2.75) is 12.5 Å². The summed E-state index contributed by atoms with van der Waals surface area (Å²) >= 11 is 0. The third kappa shape index (κ3) is 5.60. The molecule has 0 saturated heterocycles. The monoisotopic (exact) mass is 489 g/mol. The van der Waals surface area contributed by atoms with Crippen molar-refractivity contribution in [1.29, 1.82) is 0 Å². The molecule has 0 radical (unpaired) electrons. The van der Waals surface area contributed by atoms with Gasteiger partial charge in [0.05, 0.1) is 25.5 Å². The van der Waals surface area contributed by atoms with Gasteiger partial charge in [-0.15, -0.1) is 0 Å². The molecular formula is C28H28FN3O4. The molecule has 2 amide bonds. The van der Waals surface area contributed by atoms with Gasteiger partial charge in [-0.25, -0.2) is 9.40 Å². The van der Waals surface area contributed by atoms with Gasteiger partial charge in [-0.1, -0.05) is 48.5 Å². The minimum absolute atomic E-state index is 0.203. The van der Waals surface area contributed by atoms with Gasteiger partial charge in [0.2, 0.25) is 0 Å². The molecule has 0 N–H and O–H groups in total. The lowest BCUT2D eigenvalue weighted by atomic mass is 9.98. The SMILES string of the molecule is COCCN(CC(=O)N1N=C(c2ccccc2F)C[C@@H]1c1ccccc1)C(=O)c1ccc(OC)cc1. The molecule has 3 aromatic carbocycles. The van der Waals surface area contributed by atoms with Crippen molar-refractivity contribution < 1.29 is 23.5 Å². The highest BCUT2D eigenvalue weighted by atomic mass is 19.1. The molecule has 1 aliphatic rings. The topological polar surface area (TPSA) is 71.4 Å². The number of nitrogens with zero attached hydrogens (tertiary/aromatic N) is 3. The van der Waals surface area contributed by atoms with Gasteiger partial charge in [0.25, 0.3) is 11.8 Å². The summed E-state index contributed by atoms with van der Waals surface area (Å²) in [4.78, 5) is 28.3. The number of carbonyl (C=O) groups excluding carboxylic acids is 2. The van der Waals surface area contributed by atoms with Crippen LogP contribution in [0.3, 0.4) is 0 Å². The van der Waals surface area contributed by atoms with Crippen LogP contribution in [0.2, 0.25) is 0 Å². The predicted octanol–water partition coefficient (Wildman–Crippen LogP) is 4.30. The Hall–Kier alpha value is -4.04. The molecular weight excluding hydrogens is 461 g/mol. The first-order valence-corrected chi connectivity index (χ1v) is 11.6. The molecule has 1 atom stereocenters. The molecule has 186 valence electrons. The Morgan fingerprint density at radius 1 is 1.00 bits per heavy atom. The van der Waals surface area contributed by atoms with Crippen molar-refractivity contribution in [2.75, 3.05) is 33.9 Å². The maximum atomic E-state index is 14.5. The van der Waals surface area contributed by atoms with Crippen LogP contribution < -0.4 is 4.74 Å². The number of benzene rings is 3. The van der Waals surface area contributed by atoms with Gasteiger partial charge in [0.15, 0.2) is 0 Å². The molecule has 0 aliphatic carbocycles. The quantitative estimate of drug-likeness (QED) is 0.449. The third-order valence-electron chi connectivity index (χ3n) is 6.05. The van der Waals surface area contributed by atoms with Crippen LogP contribution >= 0.6 is 0 Å². The molecule has 8 heteroatoms. The minimum Gasteiger partial charge on any atom is -0.497 e. The van der Waals surface area contributed by atoms with Crippen LogP contribution in [0, 0.1) is 5.82 Å². The highest BCUT2D eigenvalue weighted by Crippen LogP contribution is 2.33. The first kappa shape index (κ1) is 25.1. The largest absolute Gasteiger partial charge is 0.497 e. The van der Waals surface area contributed by atoms with Crippen LogP contribution in [0.5, 0.6) is 5.75 Å². The number of amides is 2. The van der Waals surface area contributed by atoms with Crippen LogP contribution in [0.4, 0.5) is 4.39 Å². The van der Waals surface area contributed by atoms with Gasteiger partial charge in [0, 0.05) is 31.2 Å². The van der Waals surface area contributed by atoms with E-state index in [2.05, 4.69) is 5.10 Å². The van der Waals surface area contributed by atoms with Gasteiger partial charge in [0.1, 0.15) is 18.1 Å². The molecule has 7 nitrogen and oxygen atoms in total. The summed E-state index contributed by atoms with van der Waals surface area (Å²) in [7, 11) is 3.09. The molecule has 0 saturated carbocycles. The number of halogens is 1. The number of ether oxygens (including phenoxy) is 2. The summed E-state index contributed by atoms with van der Waals surface area (Å²) in [5, 5.41) is 5.91. The average molecular weight is 490 g/mol. The number of hydrogen-bond donors (Lipinski definition) is 0. The van der Waals surface area contributed by atoms with Crippen molar-refractivity contribution in [1.82, 2.24) is 9.91 Å². The predicted molar refractivity (Wildman–Crippen MR) is 134 cm³/mol. The summed E-state index contributed by atoms with van der Waals surface area (Å²) in [6.07, 6.45) is 0.362. The van der Waals surface area contributed by atoms with Crippen molar-refractivity contribution >= 4 is 17.5 Å². The van der Waals surface area contributed by atoms with Gasteiger partial charge >= 0.3 is 0 Å². The van der Waals surface area contributed by atoms with E-state index in [0.29, 0.717) is 29.0 Å². The molecule has 0 unspecified atom stereocenters.